The molecule has 4 aromatic rings. The molecule has 0 bridgehead atoms. The van der Waals surface area contributed by atoms with Crippen LogP contribution < -0.4 is 0 Å². The zero-order valence-corrected chi connectivity index (χ0v) is 31.3. The average molecular weight is 685 g/mol. The molecule has 0 atom stereocenters. The van der Waals surface area contributed by atoms with Crippen molar-refractivity contribution >= 4 is 44.0 Å². The Hall–Kier alpha value is -2.80. The molecule has 2 saturated heterocycles. The van der Waals surface area contributed by atoms with Gasteiger partial charge in [0.25, 0.3) is 0 Å². The average Bonchev–Trinajstić information content (AvgIpc) is 3.73. The Morgan fingerprint density at radius 1 is 0.735 bits per heavy atom. The lowest BCUT2D eigenvalue weighted by molar-refractivity contribution is 0.0942. The molecule has 266 valence electrons. The molecule has 0 amide bonds. The molecule has 2 aromatic heterocycles. The van der Waals surface area contributed by atoms with E-state index in [-0.39, 0.29) is 5.78 Å². The Morgan fingerprint density at radius 3 is 1.86 bits per heavy atom. The van der Waals surface area contributed by atoms with Crippen molar-refractivity contribution in [3.63, 3.8) is 0 Å². The van der Waals surface area contributed by atoms with Crippen molar-refractivity contribution in [3.05, 3.63) is 70.8 Å². The summed E-state index contributed by atoms with van der Waals surface area (Å²) < 4.78 is 7.01. The van der Waals surface area contributed by atoms with Crippen LogP contribution in [0.5, 0.6) is 0 Å². The third-order valence-electron chi connectivity index (χ3n) is 10.9. The van der Waals surface area contributed by atoms with Crippen molar-refractivity contribution in [2.45, 2.75) is 111 Å². The third-order valence-corrected chi connectivity index (χ3v) is 12.1. The van der Waals surface area contributed by atoms with Gasteiger partial charge in [0, 0.05) is 28.5 Å². The van der Waals surface area contributed by atoms with E-state index in [9.17, 15) is 9.59 Å². The van der Waals surface area contributed by atoms with Crippen molar-refractivity contribution in [2.24, 2.45) is 11.8 Å². The normalized spacial score (nSPS) is 16.6. The summed E-state index contributed by atoms with van der Waals surface area (Å²) in [4.78, 5) is 31.0. The molecule has 2 aromatic carbocycles. The van der Waals surface area contributed by atoms with E-state index in [1.54, 1.807) is 11.3 Å². The van der Waals surface area contributed by atoms with E-state index in [0.29, 0.717) is 24.4 Å². The topological polar surface area (TPSA) is 53.8 Å². The number of aryl methyl sites for hydroxylation is 1. The highest BCUT2D eigenvalue weighted by Gasteiger charge is 2.21. The second kappa shape index (κ2) is 19.6. The van der Waals surface area contributed by atoms with Crippen molar-refractivity contribution in [3.8, 4) is 0 Å². The second-order valence-electron chi connectivity index (χ2n) is 14.6. The number of unbranched alkanes of at least 4 members (excludes halogenated alkanes) is 2. The number of para-hydroxylation sites is 1. The summed E-state index contributed by atoms with van der Waals surface area (Å²) >= 11 is 1.64. The summed E-state index contributed by atoms with van der Waals surface area (Å²) in [6, 6.07) is 18.2. The molecule has 2 aliphatic rings. The van der Waals surface area contributed by atoms with Crippen molar-refractivity contribution in [1.29, 1.82) is 0 Å². The fourth-order valence-corrected chi connectivity index (χ4v) is 8.74. The number of likely N-dealkylation sites (tertiary alicyclic amines) is 2. The number of piperidine rings is 2. The van der Waals surface area contributed by atoms with E-state index in [0.717, 1.165) is 59.2 Å². The van der Waals surface area contributed by atoms with E-state index in [1.165, 1.54) is 100 Å². The predicted molar refractivity (Wildman–Crippen MR) is 207 cm³/mol. The molecule has 0 spiro atoms. The highest BCUT2D eigenvalue weighted by Crippen LogP contribution is 2.28. The standard InChI is InChI=1S/C22H31NO2.C21H29NOS/c1-3-4-8-18-12-15-23(16-13-18)14-7-10-20(24)22-17(2)19-9-5-6-11-21(19)25-22;1-2-3-7-17-11-14-22(15-12-17)13-6-9-19(23)21-16-18-8-4-5-10-20(18)24-21/h5-6,9,11,18H,3-4,7-8,10,12-16H2,1-2H3;4-5,8,10,16-17H,2-3,6-7,9,11-15H2,1H3. The number of carbonyl (C=O) groups excluding carboxylic acids is 2. The van der Waals surface area contributed by atoms with Gasteiger partial charge in [0.05, 0.1) is 4.88 Å². The third kappa shape index (κ3) is 11.1. The van der Waals surface area contributed by atoms with Crippen LogP contribution in [0.15, 0.2) is 59.0 Å². The summed E-state index contributed by atoms with van der Waals surface area (Å²) in [7, 11) is 0. The number of furan rings is 1. The maximum absolute atomic E-state index is 12.5. The Labute approximate surface area is 299 Å². The molecule has 0 radical (unpaired) electrons. The number of hydrogen-bond donors (Lipinski definition) is 0. The summed E-state index contributed by atoms with van der Waals surface area (Å²) in [6.07, 6.45) is 16.7. The first-order valence-corrected chi connectivity index (χ1v) is 20.2. The summed E-state index contributed by atoms with van der Waals surface area (Å²) in [5, 5.41) is 2.25. The van der Waals surface area contributed by atoms with Crippen LogP contribution in [0.4, 0.5) is 0 Å². The monoisotopic (exact) mass is 684 g/mol. The lowest BCUT2D eigenvalue weighted by Crippen LogP contribution is -2.34. The second-order valence-corrected chi connectivity index (χ2v) is 15.7. The van der Waals surface area contributed by atoms with Crippen LogP contribution in [0.2, 0.25) is 0 Å². The number of Topliss-reactive ketones (excluding diaryl/α,β-unsaturated/α-hetero) is 2. The van der Waals surface area contributed by atoms with Gasteiger partial charge in [-0.15, -0.1) is 11.3 Å². The van der Waals surface area contributed by atoms with E-state index in [2.05, 4.69) is 41.8 Å². The molecule has 2 aliphatic heterocycles. The fourth-order valence-electron chi connectivity index (χ4n) is 7.71. The minimum absolute atomic E-state index is 0.145. The smallest absolute Gasteiger partial charge is 0.198 e. The maximum Gasteiger partial charge on any atom is 0.198 e. The molecule has 4 heterocycles. The Bertz CT molecular complexity index is 1560. The number of thiophene rings is 1. The summed E-state index contributed by atoms with van der Waals surface area (Å²) in [5.74, 6) is 2.89. The van der Waals surface area contributed by atoms with Gasteiger partial charge in [0.2, 0.25) is 0 Å². The van der Waals surface area contributed by atoms with Crippen LogP contribution >= 0.6 is 11.3 Å². The number of hydrogen-bond acceptors (Lipinski definition) is 6. The van der Waals surface area contributed by atoms with Crippen LogP contribution in [0.25, 0.3) is 21.1 Å². The number of carbonyl (C=O) groups is 2. The Balaban J connectivity index is 0.000000191. The zero-order valence-electron chi connectivity index (χ0n) is 30.5. The number of rotatable bonds is 16. The molecule has 0 unspecified atom stereocenters. The first-order chi connectivity index (χ1) is 23.9. The molecule has 6 rings (SSSR count). The van der Waals surface area contributed by atoms with E-state index >= 15 is 0 Å². The molecule has 0 N–H and O–H groups in total. The van der Waals surface area contributed by atoms with E-state index in [4.69, 9.17) is 4.42 Å². The van der Waals surface area contributed by atoms with Gasteiger partial charge in [0.15, 0.2) is 17.3 Å². The SMILES string of the molecule is CCCCC1CCN(CCCC(=O)c2cc3ccccc3s2)CC1.CCCCC1CCN(CCCC(=O)c2oc3ccccc3c2C)CC1. The quantitative estimate of drug-likeness (QED) is 0.110. The molecule has 0 aliphatic carbocycles. The lowest BCUT2D eigenvalue weighted by atomic mass is 9.91. The summed E-state index contributed by atoms with van der Waals surface area (Å²) in [5.41, 5.74) is 1.80. The van der Waals surface area contributed by atoms with Gasteiger partial charge in [-0.3, -0.25) is 9.59 Å². The van der Waals surface area contributed by atoms with Crippen LogP contribution in [0.3, 0.4) is 0 Å². The van der Waals surface area contributed by atoms with Crippen molar-refractivity contribution in [2.75, 3.05) is 39.3 Å². The number of benzene rings is 2. The van der Waals surface area contributed by atoms with Crippen LogP contribution in [-0.2, 0) is 0 Å². The molecular formula is C43H60N2O3S. The largest absolute Gasteiger partial charge is 0.453 e. The zero-order chi connectivity index (χ0) is 34.4. The van der Waals surface area contributed by atoms with Crippen LogP contribution in [0.1, 0.15) is 130 Å². The van der Waals surface area contributed by atoms with Gasteiger partial charge in [0.1, 0.15) is 5.58 Å². The molecule has 5 nitrogen and oxygen atoms in total. The van der Waals surface area contributed by atoms with Gasteiger partial charge in [-0.25, -0.2) is 0 Å². The highest BCUT2D eigenvalue weighted by molar-refractivity contribution is 7.20. The lowest BCUT2D eigenvalue weighted by Gasteiger charge is -2.31. The molecular weight excluding hydrogens is 625 g/mol. The predicted octanol–water partition coefficient (Wildman–Crippen LogP) is 11.4. The minimum Gasteiger partial charge on any atom is -0.453 e. The van der Waals surface area contributed by atoms with Crippen LogP contribution in [-0.4, -0.2) is 60.6 Å². The molecule has 0 saturated carbocycles. The van der Waals surface area contributed by atoms with Gasteiger partial charge in [-0.05, 0) is 120 Å². The maximum atomic E-state index is 12.5. The first kappa shape index (κ1) is 37.5. The number of nitrogens with zero attached hydrogens (tertiary/aromatic N) is 2. The summed E-state index contributed by atoms with van der Waals surface area (Å²) in [6.45, 7) is 13.5. The van der Waals surface area contributed by atoms with Gasteiger partial charge in [-0.2, -0.15) is 0 Å². The minimum atomic E-state index is 0.145. The Morgan fingerprint density at radius 2 is 1.29 bits per heavy atom. The van der Waals surface area contributed by atoms with Crippen LogP contribution in [0, 0.1) is 18.8 Å². The van der Waals surface area contributed by atoms with Gasteiger partial charge < -0.3 is 14.2 Å². The van der Waals surface area contributed by atoms with E-state index in [1.807, 2.05) is 43.3 Å². The first-order valence-electron chi connectivity index (χ1n) is 19.4. The van der Waals surface area contributed by atoms with Crippen molar-refractivity contribution in [1.82, 2.24) is 9.80 Å². The van der Waals surface area contributed by atoms with Crippen molar-refractivity contribution < 1.29 is 14.0 Å². The number of ketones is 2. The Kier molecular flexibility index (Phi) is 14.9. The fraction of sp³-hybridized carbons (Fsp3) is 0.581. The highest BCUT2D eigenvalue weighted by atomic mass is 32.1. The number of fused-ring (bicyclic) bond motifs is 2. The molecule has 6 heteroatoms. The molecule has 2 fully saturated rings. The van der Waals surface area contributed by atoms with Gasteiger partial charge >= 0.3 is 0 Å². The molecule has 49 heavy (non-hydrogen) atoms. The van der Waals surface area contributed by atoms with Gasteiger partial charge in [-0.1, -0.05) is 88.8 Å². The van der Waals surface area contributed by atoms with E-state index < -0.39 is 0 Å².